The molecular formula is C19H23N3O3. The first-order chi connectivity index (χ1) is 12.0. The lowest BCUT2D eigenvalue weighted by atomic mass is 10.1. The van der Waals surface area contributed by atoms with Crippen LogP contribution in [0.4, 0.5) is 5.82 Å². The molecule has 1 saturated heterocycles. The first-order valence-electron chi connectivity index (χ1n) is 8.62. The normalized spacial score (nSPS) is 16.9. The number of anilines is 1. The molecule has 1 N–H and O–H groups in total. The van der Waals surface area contributed by atoms with E-state index in [0.717, 1.165) is 12.0 Å². The fourth-order valence-corrected chi connectivity index (χ4v) is 3.12. The maximum absolute atomic E-state index is 12.6. The monoisotopic (exact) mass is 341 g/mol. The van der Waals surface area contributed by atoms with Crippen molar-refractivity contribution < 1.29 is 14.1 Å². The summed E-state index contributed by atoms with van der Waals surface area (Å²) >= 11 is 0. The van der Waals surface area contributed by atoms with Crippen molar-refractivity contribution in [3.05, 3.63) is 47.2 Å². The third-order valence-corrected chi connectivity index (χ3v) is 4.50. The van der Waals surface area contributed by atoms with Crippen LogP contribution in [0.3, 0.4) is 0 Å². The fraction of sp³-hybridized carbons (Fsp3) is 0.421. The van der Waals surface area contributed by atoms with E-state index in [9.17, 15) is 9.59 Å². The summed E-state index contributed by atoms with van der Waals surface area (Å²) in [5.41, 5.74) is 2.34. The number of nitrogens with zero attached hydrogens (tertiary/aromatic N) is 2. The Labute approximate surface area is 147 Å². The Morgan fingerprint density at radius 3 is 2.72 bits per heavy atom. The highest BCUT2D eigenvalue weighted by atomic mass is 16.5. The minimum Gasteiger partial charge on any atom is -0.360 e. The van der Waals surface area contributed by atoms with Crippen molar-refractivity contribution in [2.45, 2.75) is 45.6 Å². The number of carbonyl (C=O) groups is 2. The summed E-state index contributed by atoms with van der Waals surface area (Å²) in [5.74, 6) is 0.846. The standard InChI is InChI=1S/C19H23N3O3/c1-13-5-7-15(8-6-13)9-10-18(23)22-11-3-4-16(22)19(24)20-17-12-14(2)25-21-17/h5-8,12,16H,3-4,9-11H2,1-2H3,(H,20,21,24)/t16-/m1/s1. The number of rotatable bonds is 5. The van der Waals surface area contributed by atoms with E-state index in [4.69, 9.17) is 4.52 Å². The number of hydrogen-bond donors (Lipinski definition) is 1. The Hall–Kier alpha value is -2.63. The van der Waals surface area contributed by atoms with Crippen LogP contribution in [0.15, 0.2) is 34.9 Å². The Morgan fingerprint density at radius 2 is 2.04 bits per heavy atom. The summed E-state index contributed by atoms with van der Waals surface area (Å²) in [5, 5.41) is 6.50. The molecule has 0 bridgehead atoms. The third-order valence-electron chi connectivity index (χ3n) is 4.50. The molecule has 25 heavy (non-hydrogen) atoms. The quantitative estimate of drug-likeness (QED) is 0.907. The van der Waals surface area contributed by atoms with Crippen LogP contribution >= 0.6 is 0 Å². The number of likely N-dealkylation sites (tertiary alicyclic amines) is 1. The predicted octanol–water partition coefficient (Wildman–Crippen LogP) is 2.85. The molecule has 0 radical (unpaired) electrons. The van der Waals surface area contributed by atoms with Gasteiger partial charge in [0.2, 0.25) is 11.8 Å². The number of amides is 2. The summed E-state index contributed by atoms with van der Waals surface area (Å²) < 4.78 is 4.95. The molecule has 1 aliphatic rings. The number of aromatic nitrogens is 1. The van der Waals surface area contributed by atoms with Crippen molar-refractivity contribution in [3.63, 3.8) is 0 Å². The van der Waals surface area contributed by atoms with E-state index in [1.807, 2.05) is 31.2 Å². The van der Waals surface area contributed by atoms with Crippen LogP contribution in [-0.4, -0.2) is 34.5 Å². The first kappa shape index (κ1) is 17.2. The van der Waals surface area contributed by atoms with E-state index in [1.54, 1.807) is 17.9 Å². The van der Waals surface area contributed by atoms with Crippen molar-refractivity contribution in [3.8, 4) is 0 Å². The number of nitrogens with one attached hydrogen (secondary N) is 1. The van der Waals surface area contributed by atoms with Crippen molar-refractivity contribution >= 4 is 17.6 Å². The van der Waals surface area contributed by atoms with Crippen molar-refractivity contribution in [1.29, 1.82) is 0 Å². The number of carbonyl (C=O) groups excluding carboxylic acids is 2. The average molecular weight is 341 g/mol. The van der Waals surface area contributed by atoms with E-state index in [1.165, 1.54) is 5.56 Å². The summed E-state index contributed by atoms with van der Waals surface area (Å²) in [6.45, 7) is 4.43. The molecule has 2 aromatic rings. The van der Waals surface area contributed by atoms with Crippen LogP contribution in [0, 0.1) is 13.8 Å². The van der Waals surface area contributed by atoms with Gasteiger partial charge in [0.15, 0.2) is 5.82 Å². The Kier molecular flexibility index (Phi) is 5.16. The number of benzene rings is 1. The highest BCUT2D eigenvalue weighted by molar-refractivity contribution is 5.96. The van der Waals surface area contributed by atoms with E-state index < -0.39 is 6.04 Å². The molecule has 3 rings (SSSR count). The molecule has 1 aromatic carbocycles. The molecule has 132 valence electrons. The highest BCUT2D eigenvalue weighted by Gasteiger charge is 2.34. The first-order valence-corrected chi connectivity index (χ1v) is 8.62. The molecule has 0 saturated carbocycles. The molecule has 6 nitrogen and oxygen atoms in total. The number of aryl methyl sites for hydroxylation is 3. The summed E-state index contributed by atoms with van der Waals surface area (Å²) in [7, 11) is 0. The minimum absolute atomic E-state index is 0.0227. The van der Waals surface area contributed by atoms with Gasteiger partial charge in [-0.05, 0) is 38.7 Å². The second-order valence-corrected chi connectivity index (χ2v) is 6.54. The van der Waals surface area contributed by atoms with Gasteiger partial charge >= 0.3 is 0 Å². The molecular weight excluding hydrogens is 318 g/mol. The Morgan fingerprint density at radius 1 is 1.28 bits per heavy atom. The molecule has 2 heterocycles. The van der Waals surface area contributed by atoms with Crippen LogP contribution in [0.5, 0.6) is 0 Å². The Bertz CT molecular complexity index is 752. The maximum Gasteiger partial charge on any atom is 0.248 e. The van der Waals surface area contributed by atoms with Gasteiger partial charge in [-0.3, -0.25) is 9.59 Å². The zero-order chi connectivity index (χ0) is 17.8. The summed E-state index contributed by atoms with van der Waals surface area (Å²) in [6.07, 6.45) is 2.62. The van der Waals surface area contributed by atoms with E-state index >= 15 is 0 Å². The lowest BCUT2D eigenvalue weighted by Gasteiger charge is -2.23. The predicted molar refractivity (Wildman–Crippen MR) is 94.1 cm³/mol. The molecule has 0 unspecified atom stereocenters. The topological polar surface area (TPSA) is 75.4 Å². The maximum atomic E-state index is 12.6. The molecule has 0 aliphatic carbocycles. The molecule has 1 fully saturated rings. The van der Waals surface area contributed by atoms with Gasteiger partial charge in [0.05, 0.1) is 0 Å². The van der Waals surface area contributed by atoms with E-state index in [2.05, 4.69) is 10.5 Å². The largest absolute Gasteiger partial charge is 0.360 e. The molecule has 0 spiro atoms. The van der Waals surface area contributed by atoms with Crippen LogP contribution < -0.4 is 5.32 Å². The lowest BCUT2D eigenvalue weighted by Crippen LogP contribution is -2.43. The van der Waals surface area contributed by atoms with Gasteiger partial charge in [-0.25, -0.2) is 0 Å². The second kappa shape index (κ2) is 7.51. The van der Waals surface area contributed by atoms with Crippen molar-refractivity contribution in [2.24, 2.45) is 0 Å². The molecule has 1 aromatic heterocycles. The number of hydrogen-bond acceptors (Lipinski definition) is 4. The van der Waals surface area contributed by atoms with Gasteiger partial charge in [0, 0.05) is 19.0 Å². The van der Waals surface area contributed by atoms with Crippen molar-refractivity contribution in [1.82, 2.24) is 10.1 Å². The third kappa shape index (κ3) is 4.26. The molecule has 1 aliphatic heterocycles. The van der Waals surface area contributed by atoms with Gasteiger partial charge in [-0.1, -0.05) is 35.0 Å². The molecule has 6 heteroatoms. The minimum atomic E-state index is -0.428. The lowest BCUT2D eigenvalue weighted by molar-refractivity contribution is -0.136. The summed E-state index contributed by atoms with van der Waals surface area (Å²) in [4.78, 5) is 26.7. The van der Waals surface area contributed by atoms with Crippen LogP contribution in [0.2, 0.25) is 0 Å². The van der Waals surface area contributed by atoms with Gasteiger partial charge in [-0.2, -0.15) is 0 Å². The van der Waals surface area contributed by atoms with E-state index in [-0.39, 0.29) is 11.8 Å². The fourth-order valence-electron chi connectivity index (χ4n) is 3.12. The van der Waals surface area contributed by atoms with E-state index in [0.29, 0.717) is 37.4 Å². The van der Waals surface area contributed by atoms with Crippen LogP contribution in [0.25, 0.3) is 0 Å². The SMILES string of the molecule is Cc1ccc(CCC(=O)N2CCC[C@@H]2C(=O)Nc2cc(C)on2)cc1. The second-order valence-electron chi connectivity index (χ2n) is 6.54. The highest BCUT2D eigenvalue weighted by Crippen LogP contribution is 2.21. The van der Waals surface area contributed by atoms with Crippen LogP contribution in [0.1, 0.15) is 36.1 Å². The zero-order valence-corrected chi connectivity index (χ0v) is 14.6. The van der Waals surface area contributed by atoms with Crippen molar-refractivity contribution in [2.75, 3.05) is 11.9 Å². The van der Waals surface area contributed by atoms with Gasteiger partial charge in [0.25, 0.3) is 0 Å². The van der Waals surface area contributed by atoms with Gasteiger partial charge in [-0.15, -0.1) is 0 Å². The zero-order valence-electron chi connectivity index (χ0n) is 14.6. The smallest absolute Gasteiger partial charge is 0.248 e. The van der Waals surface area contributed by atoms with Gasteiger partial charge in [0.1, 0.15) is 11.8 Å². The van der Waals surface area contributed by atoms with Crippen LogP contribution in [-0.2, 0) is 16.0 Å². The van der Waals surface area contributed by atoms with Gasteiger partial charge < -0.3 is 14.7 Å². The Balaban J connectivity index is 1.57. The molecule has 2 amide bonds. The average Bonchev–Trinajstić information content (AvgIpc) is 3.23. The summed E-state index contributed by atoms with van der Waals surface area (Å²) in [6, 6.07) is 9.42. The molecule has 1 atom stereocenters.